The number of amides is 2. The Balaban J connectivity index is 1.56. The van der Waals surface area contributed by atoms with Crippen molar-refractivity contribution < 1.29 is 18.7 Å². The van der Waals surface area contributed by atoms with Gasteiger partial charge in [-0.3, -0.25) is 9.59 Å². The molecule has 3 rings (SSSR count). The summed E-state index contributed by atoms with van der Waals surface area (Å²) in [6.45, 7) is 0.578. The Kier molecular flexibility index (Phi) is 6.11. The highest BCUT2D eigenvalue weighted by Crippen LogP contribution is 2.29. The number of oxazole rings is 1. The predicted octanol–water partition coefficient (Wildman–Crippen LogP) is 2.63. The summed E-state index contributed by atoms with van der Waals surface area (Å²) in [5.74, 6) is 1.52. The molecule has 0 bridgehead atoms. The van der Waals surface area contributed by atoms with Gasteiger partial charge in [0.15, 0.2) is 17.8 Å². The van der Waals surface area contributed by atoms with Crippen LogP contribution in [0.4, 0.5) is 0 Å². The van der Waals surface area contributed by atoms with Crippen LogP contribution >= 0.6 is 0 Å². The molecule has 0 unspecified atom stereocenters. The zero-order chi connectivity index (χ0) is 19.2. The van der Waals surface area contributed by atoms with E-state index >= 15 is 0 Å². The van der Waals surface area contributed by atoms with E-state index in [9.17, 15) is 9.59 Å². The average Bonchev–Trinajstić information content (AvgIpc) is 3.22. The number of methoxy groups -OCH3 is 1. The number of ether oxygens (including phenoxy) is 1. The molecule has 1 aromatic carbocycles. The summed E-state index contributed by atoms with van der Waals surface area (Å²) in [6.07, 6.45) is 4.87. The molecule has 2 aromatic rings. The van der Waals surface area contributed by atoms with Gasteiger partial charge in [0.1, 0.15) is 5.75 Å². The number of hydrogen-bond acceptors (Lipinski definition) is 5. The van der Waals surface area contributed by atoms with Crippen molar-refractivity contribution in [2.24, 2.45) is 11.8 Å². The van der Waals surface area contributed by atoms with E-state index in [1.165, 1.54) is 6.39 Å². The van der Waals surface area contributed by atoms with Crippen LogP contribution in [-0.2, 0) is 4.79 Å². The van der Waals surface area contributed by atoms with Crippen molar-refractivity contribution in [1.82, 2.24) is 15.6 Å². The molecule has 144 valence electrons. The lowest BCUT2D eigenvalue weighted by molar-refractivity contribution is -0.125. The molecule has 7 nitrogen and oxygen atoms in total. The highest BCUT2D eigenvalue weighted by atomic mass is 16.5. The second-order valence-electron chi connectivity index (χ2n) is 6.80. The Hall–Kier alpha value is -2.83. The Morgan fingerprint density at radius 2 is 1.89 bits per heavy atom. The highest BCUT2D eigenvalue weighted by Gasteiger charge is 2.26. The van der Waals surface area contributed by atoms with E-state index in [1.54, 1.807) is 14.2 Å². The molecule has 1 heterocycles. The first-order valence-corrected chi connectivity index (χ1v) is 9.20. The minimum Gasteiger partial charge on any atom is -0.497 e. The third-order valence-corrected chi connectivity index (χ3v) is 5.15. The number of rotatable bonds is 6. The molecule has 2 amide bonds. The fourth-order valence-corrected chi connectivity index (χ4v) is 3.51. The van der Waals surface area contributed by atoms with Crippen molar-refractivity contribution in [3.05, 3.63) is 36.4 Å². The molecule has 0 atom stereocenters. The normalized spacial score (nSPS) is 19.3. The van der Waals surface area contributed by atoms with Gasteiger partial charge >= 0.3 is 0 Å². The molecular weight excluding hydrogens is 346 g/mol. The largest absolute Gasteiger partial charge is 0.497 e. The van der Waals surface area contributed by atoms with E-state index in [1.807, 2.05) is 24.3 Å². The van der Waals surface area contributed by atoms with E-state index < -0.39 is 0 Å². The van der Waals surface area contributed by atoms with Crippen LogP contribution in [0.5, 0.6) is 5.75 Å². The number of nitrogens with one attached hydrogen (secondary N) is 2. The van der Waals surface area contributed by atoms with Crippen molar-refractivity contribution in [3.8, 4) is 17.1 Å². The zero-order valence-corrected chi connectivity index (χ0v) is 15.7. The molecule has 0 saturated heterocycles. The maximum absolute atomic E-state index is 12.6. The van der Waals surface area contributed by atoms with Crippen molar-refractivity contribution in [2.45, 2.75) is 25.7 Å². The first-order valence-electron chi connectivity index (χ1n) is 9.20. The molecule has 2 N–H and O–H groups in total. The summed E-state index contributed by atoms with van der Waals surface area (Å²) in [4.78, 5) is 28.3. The summed E-state index contributed by atoms with van der Waals surface area (Å²) in [5, 5.41) is 5.67. The first-order chi connectivity index (χ1) is 13.1. The Morgan fingerprint density at radius 1 is 1.19 bits per heavy atom. The van der Waals surface area contributed by atoms with Gasteiger partial charge in [0.05, 0.1) is 7.11 Å². The lowest BCUT2D eigenvalue weighted by Crippen LogP contribution is -2.35. The van der Waals surface area contributed by atoms with Crippen LogP contribution in [0.1, 0.15) is 36.2 Å². The zero-order valence-electron chi connectivity index (χ0n) is 15.7. The molecule has 7 heteroatoms. The molecule has 1 aliphatic carbocycles. The minimum absolute atomic E-state index is 0.0965. The Morgan fingerprint density at radius 3 is 2.52 bits per heavy atom. The van der Waals surface area contributed by atoms with Gasteiger partial charge in [0.2, 0.25) is 5.91 Å². The summed E-state index contributed by atoms with van der Waals surface area (Å²) in [5.41, 5.74) is 1.05. The Labute approximate surface area is 158 Å². The maximum atomic E-state index is 12.6. The third-order valence-electron chi connectivity index (χ3n) is 5.15. The lowest BCUT2D eigenvalue weighted by atomic mass is 9.81. The molecule has 0 aliphatic heterocycles. The topological polar surface area (TPSA) is 93.5 Å². The molecule has 1 aliphatic rings. The van der Waals surface area contributed by atoms with Gasteiger partial charge in [0, 0.05) is 25.1 Å². The fraction of sp³-hybridized carbons (Fsp3) is 0.450. The van der Waals surface area contributed by atoms with Crippen LogP contribution in [0.15, 0.2) is 35.1 Å². The summed E-state index contributed by atoms with van der Waals surface area (Å²) >= 11 is 0. The second-order valence-corrected chi connectivity index (χ2v) is 6.80. The lowest BCUT2D eigenvalue weighted by Gasteiger charge is -2.27. The van der Waals surface area contributed by atoms with Crippen molar-refractivity contribution in [3.63, 3.8) is 0 Å². The van der Waals surface area contributed by atoms with Gasteiger partial charge in [-0.2, -0.15) is 0 Å². The van der Waals surface area contributed by atoms with Gasteiger partial charge in [-0.25, -0.2) is 4.98 Å². The highest BCUT2D eigenvalue weighted by molar-refractivity contribution is 5.97. The molecule has 1 fully saturated rings. The smallest absolute Gasteiger partial charge is 0.273 e. The predicted molar refractivity (Wildman–Crippen MR) is 100 cm³/mol. The second kappa shape index (κ2) is 8.70. The van der Waals surface area contributed by atoms with E-state index in [-0.39, 0.29) is 23.4 Å². The molecular formula is C20H25N3O4. The van der Waals surface area contributed by atoms with E-state index in [2.05, 4.69) is 15.6 Å². The SMILES string of the molecule is CNC(=O)C1CCC(CNC(=O)c2ncoc2-c2ccc(OC)cc2)CC1. The monoisotopic (exact) mass is 371 g/mol. The summed E-state index contributed by atoms with van der Waals surface area (Å²) < 4.78 is 10.6. The fourth-order valence-electron chi connectivity index (χ4n) is 3.51. The van der Waals surface area contributed by atoms with E-state index in [0.29, 0.717) is 18.2 Å². The van der Waals surface area contributed by atoms with Crippen LogP contribution in [0.3, 0.4) is 0 Å². The third kappa shape index (κ3) is 4.48. The van der Waals surface area contributed by atoms with E-state index in [0.717, 1.165) is 37.0 Å². The average molecular weight is 371 g/mol. The quantitative estimate of drug-likeness (QED) is 0.814. The number of carbonyl (C=O) groups excluding carboxylic acids is 2. The maximum Gasteiger partial charge on any atom is 0.273 e. The van der Waals surface area contributed by atoms with E-state index in [4.69, 9.17) is 9.15 Å². The number of carbonyl (C=O) groups is 2. The van der Waals surface area contributed by atoms with Crippen LogP contribution < -0.4 is 15.4 Å². The van der Waals surface area contributed by atoms with Crippen LogP contribution in [-0.4, -0.2) is 37.5 Å². The Bertz CT molecular complexity index is 777. The minimum atomic E-state index is -0.247. The molecule has 1 saturated carbocycles. The molecule has 0 spiro atoms. The summed E-state index contributed by atoms with van der Waals surface area (Å²) in [6, 6.07) is 7.28. The van der Waals surface area contributed by atoms with Gasteiger partial charge in [-0.05, 0) is 55.9 Å². The van der Waals surface area contributed by atoms with Crippen LogP contribution in [0.2, 0.25) is 0 Å². The van der Waals surface area contributed by atoms with Gasteiger partial charge < -0.3 is 19.8 Å². The molecule has 0 radical (unpaired) electrons. The standard InChI is InChI=1S/C20H25N3O4/c1-21-19(24)15-5-3-13(4-6-15)11-22-20(25)17-18(27-12-23-17)14-7-9-16(26-2)10-8-14/h7-10,12-13,15H,3-6,11H2,1-2H3,(H,21,24)(H,22,25). The number of aromatic nitrogens is 1. The number of benzene rings is 1. The van der Waals surface area contributed by atoms with Crippen molar-refractivity contribution >= 4 is 11.8 Å². The van der Waals surface area contributed by atoms with Gasteiger partial charge in [-0.1, -0.05) is 0 Å². The first kappa shape index (κ1) is 18.9. The number of hydrogen-bond donors (Lipinski definition) is 2. The van der Waals surface area contributed by atoms with Crippen LogP contribution in [0, 0.1) is 11.8 Å². The summed E-state index contributed by atoms with van der Waals surface area (Å²) in [7, 11) is 3.28. The van der Waals surface area contributed by atoms with Crippen molar-refractivity contribution in [1.29, 1.82) is 0 Å². The van der Waals surface area contributed by atoms with Crippen LogP contribution in [0.25, 0.3) is 11.3 Å². The van der Waals surface area contributed by atoms with Crippen molar-refractivity contribution in [2.75, 3.05) is 20.7 Å². The molecule has 1 aromatic heterocycles. The molecule has 27 heavy (non-hydrogen) atoms. The van der Waals surface area contributed by atoms with Gasteiger partial charge in [-0.15, -0.1) is 0 Å². The van der Waals surface area contributed by atoms with Gasteiger partial charge in [0.25, 0.3) is 5.91 Å². The number of nitrogens with zero attached hydrogens (tertiary/aromatic N) is 1.